The van der Waals surface area contributed by atoms with Crippen molar-refractivity contribution in [1.82, 2.24) is 4.90 Å². The Hall–Kier alpha value is -2.23. The second kappa shape index (κ2) is 7.77. The third-order valence-electron chi connectivity index (χ3n) is 4.04. The number of rotatable bonds is 5. The van der Waals surface area contributed by atoms with E-state index in [1.807, 2.05) is 48.5 Å². The second-order valence-corrected chi connectivity index (χ2v) is 7.26. The molecule has 3 heteroatoms. The molecular formula is C22H20BrNO. The third kappa shape index (κ3) is 4.44. The van der Waals surface area contributed by atoms with Gasteiger partial charge in [0.05, 0.1) is 0 Å². The Morgan fingerprint density at radius 1 is 0.760 bits per heavy atom. The first kappa shape index (κ1) is 17.6. The van der Waals surface area contributed by atoms with E-state index in [9.17, 15) is 4.79 Å². The van der Waals surface area contributed by atoms with E-state index in [1.165, 1.54) is 5.56 Å². The van der Waals surface area contributed by atoms with Crippen LogP contribution >= 0.6 is 15.9 Å². The normalized spacial score (nSPS) is 10.9. The van der Waals surface area contributed by atoms with Crippen LogP contribution in [0.5, 0.6) is 0 Å². The summed E-state index contributed by atoms with van der Waals surface area (Å²) < 4.78 is 0.970. The highest BCUT2D eigenvalue weighted by Gasteiger charge is 2.09. The number of nitrogens with zero attached hydrogens (tertiary/aromatic N) is 1. The molecule has 0 aliphatic rings. The number of halogens is 1. The molecule has 0 aromatic heterocycles. The number of hydrogen-bond acceptors (Lipinski definition) is 2. The molecular weight excluding hydrogens is 374 g/mol. The quantitative estimate of drug-likeness (QED) is 0.540. The van der Waals surface area contributed by atoms with Crippen molar-refractivity contribution in [2.45, 2.75) is 6.54 Å². The fourth-order valence-corrected chi connectivity index (χ4v) is 3.01. The summed E-state index contributed by atoms with van der Waals surface area (Å²) in [6.07, 6.45) is 0. The number of carbonyl (C=O) groups is 1. The lowest BCUT2D eigenvalue weighted by Crippen LogP contribution is -2.10. The van der Waals surface area contributed by atoms with Crippen LogP contribution in [-0.2, 0) is 6.54 Å². The first-order valence-electron chi connectivity index (χ1n) is 8.17. The van der Waals surface area contributed by atoms with Gasteiger partial charge in [0.15, 0.2) is 5.78 Å². The van der Waals surface area contributed by atoms with E-state index in [2.05, 4.69) is 59.2 Å². The molecule has 0 atom stereocenters. The summed E-state index contributed by atoms with van der Waals surface area (Å²) in [7, 11) is 4.13. The molecule has 2 nitrogen and oxygen atoms in total. The summed E-state index contributed by atoms with van der Waals surface area (Å²) in [5.41, 5.74) is 4.96. The summed E-state index contributed by atoms with van der Waals surface area (Å²) in [6, 6.07) is 23.8. The van der Waals surface area contributed by atoms with Crippen LogP contribution in [0, 0.1) is 0 Å². The largest absolute Gasteiger partial charge is 0.305 e. The SMILES string of the molecule is CN(C)Cc1ccc(-c2ccc(C(=O)c3ccc(Br)cc3)cc2)cc1. The van der Waals surface area contributed by atoms with Crippen molar-refractivity contribution in [2.24, 2.45) is 0 Å². The smallest absolute Gasteiger partial charge is 0.193 e. The molecule has 0 saturated heterocycles. The lowest BCUT2D eigenvalue weighted by molar-refractivity contribution is 0.103. The van der Waals surface area contributed by atoms with Gasteiger partial charge in [0.2, 0.25) is 0 Å². The van der Waals surface area contributed by atoms with Crippen LogP contribution in [0.4, 0.5) is 0 Å². The molecule has 25 heavy (non-hydrogen) atoms. The Morgan fingerprint density at radius 2 is 1.20 bits per heavy atom. The standard InChI is InChI=1S/C22H20BrNO/c1-24(2)15-16-3-5-17(6-4-16)18-7-9-19(10-8-18)22(25)20-11-13-21(23)14-12-20/h3-14H,15H2,1-2H3. The predicted molar refractivity (Wildman–Crippen MR) is 107 cm³/mol. The predicted octanol–water partition coefficient (Wildman–Crippen LogP) is 5.41. The molecule has 0 amide bonds. The summed E-state index contributed by atoms with van der Waals surface area (Å²) in [6.45, 7) is 0.931. The first-order chi connectivity index (χ1) is 12.0. The third-order valence-corrected chi connectivity index (χ3v) is 4.57. The van der Waals surface area contributed by atoms with Crippen LogP contribution in [0.3, 0.4) is 0 Å². The maximum atomic E-state index is 12.5. The van der Waals surface area contributed by atoms with E-state index >= 15 is 0 Å². The maximum absolute atomic E-state index is 12.5. The molecule has 0 aliphatic carbocycles. The molecule has 0 N–H and O–H groups in total. The molecule has 0 unspecified atom stereocenters. The van der Waals surface area contributed by atoms with Crippen LogP contribution in [0.25, 0.3) is 11.1 Å². The molecule has 0 radical (unpaired) electrons. The molecule has 3 rings (SSSR count). The van der Waals surface area contributed by atoms with Crippen molar-refractivity contribution in [1.29, 1.82) is 0 Å². The molecule has 0 fully saturated rings. The van der Waals surface area contributed by atoms with Crippen molar-refractivity contribution in [3.05, 3.63) is 94.0 Å². The Balaban J connectivity index is 1.77. The fourth-order valence-electron chi connectivity index (χ4n) is 2.75. The monoisotopic (exact) mass is 393 g/mol. The van der Waals surface area contributed by atoms with E-state index in [0.29, 0.717) is 11.1 Å². The topological polar surface area (TPSA) is 20.3 Å². The zero-order valence-corrected chi connectivity index (χ0v) is 16.0. The molecule has 0 bridgehead atoms. The van der Waals surface area contributed by atoms with E-state index < -0.39 is 0 Å². The van der Waals surface area contributed by atoms with Gasteiger partial charge in [0.1, 0.15) is 0 Å². The number of carbonyl (C=O) groups excluding carboxylic acids is 1. The van der Waals surface area contributed by atoms with Gasteiger partial charge in [-0.1, -0.05) is 64.5 Å². The van der Waals surface area contributed by atoms with Crippen LogP contribution in [0.15, 0.2) is 77.3 Å². The summed E-state index contributed by atoms with van der Waals surface area (Å²) in [5, 5.41) is 0. The Kier molecular flexibility index (Phi) is 5.47. The first-order valence-corrected chi connectivity index (χ1v) is 8.96. The molecule has 0 aliphatic heterocycles. The van der Waals surface area contributed by atoms with Gasteiger partial charge in [-0.05, 0) is 55.1 Å². The van der Waals surface area contributed by atoms with Crippen molar-refractivity contribution in [3.63, 3.8) is 0 Å². The number of hydrogen-bond donors (Lipinski definition) is 0. The van der Waals surface area contributed by atoms with Crippen molar-refractivity contribution >= 4 is 21.7 Å². The maximum Gasteiger partial charge on any atom is 0.193 e. The fraction of sp³-hybridized carbons (Fsp3) is 0.136. The van der Waals surface area contributed by atoms with Crippen LogP contribution in [0.2, 0.25) is 0 Å². The van der Waals surface area contributed by atoms with Crippen LogP contribution < -0.4 is 0 Å². The second-order valence-electron chi connectivity index (χ2n) is 6.35. The van der Waals surface area contributed by atoms with Gasteiger partial charge in [0, 0.05) is 22.1 Å². The zero-order chi connectivity index (χ0) is 17.8. The summed E-state index contributed by atoms with van der Waals surface area (Å²) in [5.74, 6) is 0.0420. The molecule has 0 spiro atoms. The minimum absolute atomic E-state index is 0.0420. The average Bonchev–Trinajstić information content (AvgIpc) is 2.62. The highest BCUT2D eigenvalue weighted by Crippen LogP contribution is 2.22. The van der Waals surface area contributed by atoms with Crippen LogP contribution in [0.1, 0.15) is 21.5 Å². The van der Waals surface area contributed by atoms with Crippen molar-refractivity contribution < 1.29 is 4.79 Å². The van der Waals surface area contributed by atoms with E-state index in [-0.39, 0.29) is 5.78 Å². The van der Waals surface area contributed by atoms with Gasteiger partial charge in [0.25, 0.3) is 0 Å². The highest BCUT2D eigenvalue weighted by atomic mass is 79.9. The molecule has 3 aromatic rings. The molecule has 0 heterocycles. The van der Waals surface area contributed by atoms with Gasteiger partial charge in [-0.25, -0.2) is 0 Å². The van der Waals surface area contributed by atoms with Gasteiger partial charge in [-0.3, -0.25) is 4.79 Å². The molecule has 126 valence electrons. The van der Waals surface area contributed by atoms with Crippen molar-refractivity contribution in [3.8, 4) is 11.1 Å². The van der Waals surface area contributed by atoms with E-state index in [1.54, 1.807) is 0 Å². The average molecular weight is 394 g/mol. The van der Waals surface area contributed by atoms with Crippen LogP contribution in [-0.4, -0.2) is 24.8 Å². The number of benzene rings is 3. The lowest BCUT2D eigenvalue weighted by Gasteiger charge is -2.10. The van der Waals surface area contributed by atoms with E-state index in [0.717, 1.165) is 22.1 Å². The molecule has 0 saturated carbocycles. The number of ketones is 1. The summed E-state index contributed by atoms with van der Waals surface area (Å²) >= 11 is 3.39. The molecule has 3 aromatic carbocycles. The Morgan fingerprint density at radius 3 is 1.68 bits per heavy atom. The summed E-state index contributed by atoms with van der Waals surface area (Å²) in [4.78, 5) is 14.7. The highest BCUT2D eigenvalue weighted by molar-refractivity contribution is 9.10. The lowest BCUT2D eigenvalue weighted by atomic mass is 9.99. The van der Waals surface area contributed by atoms with Gasteiger partial charge in [-0.15, -0.1) is 0 Å². The van der Waals surface area contributed by atoms with Crippen molar-refractivity contribution in [2.75, 3.05) is 14.1 Å². The van der Waals surface area contributed by atoms with Gasteiger partial charge >= 0.3 is 0 Å². The minimum atomic E-state index is 0.0420. The van der Waals surface area contributed by atoms with Gasteiger partial charge in [-0.2, -0.15) is 0 Å². The van der Waals surface area contributed by atoms with Gasteiger partial charge < -0.3 is 4.90 Å². The Labute approximate surface area is 157 Å². The minimum Gasteiger partial charge on any atom is -0.305 e. The van der Waals surface area contributed by atoms with E-state index in [4.69, 9.17) is 0 Å². The zero-order valence-electron chi connectivity index (χ0n) is 14.4. The Bertz CT molecular complexity index is 850.